The van der Waals surface area contributed by atoms with Gasteiger partial charge in [-0.2, -0.15) is 5.10 Å². The quantitative estimate of drug-likeness (QED) is 0.281. The average Bonchev–Trinajstić information content (AvgIpc) is 3.28. The Morgan fingerprint density at radius 3 is 2.72 bits per heavy atom. The molecule has 1 saturated carbocycles. The van der Waals surface area contributed by atoms with Gasteiger partial charge in [0.25, 0.3) is 0 Å². The van der Waals surface area contributed by atoms with Gasteiger partial charge in [0.05, 0.1) is 40.7 Å². The number of nitrogens with one attached hydrogen (secondary N) is 1. The Hall–Kier alpha value is -2.82. The Labute approximate surface area is 195 Å². The SMILES string of the molecule is O=C1[C@H](C2CC2)[C@H](c2c(F)cc(-n3ccc(CF)n3)cc2I)N1c1ccc2[nH]cnc2c1. The molecule has 2 fully saturated rings. The topological polar surface area (TPSA) is 66.8 Å². The number of H-pyrrole nitrogens is 1. The number of rotatable bonds is 5. The van der Waals surface area contributed by atoms with Crippen molar-refractivity contribution >= 4 is 45.2 Å². The van der Waals surface area contributed by atoms with Crippen LogP contribution in [0.3, 0.4) is 0 Å². The molecule has 6 rings (SSSR count). The summed E-state index contributed by atoms with van der Waals surface area (Å²) in [4.78, 5) is 22.2. The molecule has 162 valence electrons. The fourth-order valence-corrected chi connectivity index (χ4v) is 5.55. The van der Waals surface area contributed by atoms with Gasteiger partial charge in [-0.25, -0.2) is 18.4 Å². The number of aromatic nitrogens is 4. The summed E-state index contributed by atoms with van der Waals surface area (Å²) >= 11 is 2.12. The summed E-state index contributed by atoms with van der Waals surface area (Å²) in [6, 6.07) is 10.1. The van der Waals surface area contributed by atoms with Crippen LogP contribution in [0, 0.1) is 21.2 Å². The Bertz CT molecular complexity index is 1340. The largest absolute Gasteiger partial charge is 0.345 e. The van der Waals surface area contributed by atoms with Crippen LogP contribution in [0.4, 0.5) is 14.5 Å². The summed E-state index contributed by atoms with van der Waals surface area (Å²) < 4.78 is 30.6. The number of amides is 1. The number of halogens is 3. The van der Waals surface area contributed by atoms with Crippen LogP contribution in [0.1, 0.15) is 30.1 Å². The van der Waals surface area contributed by atoms with Crippen LogP contribution < -0.4 is 4.90 Å². The van der Waals surface area contributed by atoms with Gasteiger partial charge in [0.2, 0.25) is 5.91 Å². The van der Waals surface area contributed by atoms with Crippen molar-refractivity contribution in [1.82, 2.24) is 19.7 Å². The first-order valence-corrected chi connectivity index (χ1v) is 11.5. The van der Waals surface area contributed by atoms with Crippen LogP contribution in [-0.2, 0) is 11.5 Å². The number of nitrogens with zero attached hydrogens (tertiary/aromatic N) is 4. The molecule has 2 aliphatic rings. The molecular weight excluding hydrogens is 527 g/mol. The maximum atomic E-state index is 15.6. The number of alkyl halides is 1. The molecule has 1 saturated heterocycles. The van der Waals surface area contributed by atoms with Crippen molar-refractivity contribution in [3.05, 3.63) is 69.6 Å². The Morgan fingerprint density at radius 1 is 1.16 bits per heavy atom. The van der Waals surface area contributed by atoms with Crippen molar-refractivity contribution in [3.8, 4) is 5.69 Å². The minimum absolute atomic E-state index is 0.0336. The molecule has 4 aromatic rings. The number of carbonyl (C=O) groups excluding carboxylic acids is 1. The summed E-state index contributed by atoms with van der Waals surface area (Å²) in [5.41, 5.74) is 3.70. The lowest BCUT2D eigenvalue weighted by Gasteiger charge is -2.48. The summed E-state index contributed by atoms with van der Waals surface area (Å²) in [5.74, 6) is -0.280. The second-order valence-electron chi connectivity index (χ2n) is 8.33. The van der Waals surface area contributed by atoms with Gasteiger partial charge >= 0.3 is 0 Å². The van der Waals surface area contributed by atoms with E-state index >= 15 is 4.39 Å². The molecule has 0 radical (unpaired) electrons. The molecule has 0 unspecified atom stereocenters. The minimum Gasteiger partial charge on any atom is -0.345 e. The van der Waals surface area contributed by atoms with Crippen molar-refractivity contribution in [3.63, 3.8) is 0 Å². The molecule has 1 N–H and O–H groups in total. The van der Waals surface area contributed by atoms with E-state index in [1.54, 1.807) is 23.5 Å². The van der Waals surface area contributed by atoms with Crippen LogP contribution in [-0.4, -0.2) is 25.7 Å². The number of aromatic amines is 1. The van der Waals surface area contributed by atoms with Crippen LogP contribution in [0.15, 0.2) is 48.9 Å². The van der Waals surface area contributed by atoms with Crippen LogP contribution in [0.25, 0.3) is 16.7 Å². The van der Waals surface area contributed by atoms with E-state index in [1.807, 2.05) is 24.3 Å². The standard InChI is InChI=1S/C23H18F2IN5O/c24-10-13-5-6-30(29-13)15-7-16(25)21(17(26)8-15)22-20(12-1-2-12)23(32)31(22)14-3-4-18-19(9-14)28-11-27-18/h3-9,11-12,20,22H,1-2,10H2,(H,27,28)/t20-,22-/m1/s1. The molecule has 6 nitrogen and oxygen atoms in total. The number of fused-ring (bicyclic) bond motifs is 1. The molecule has 1 amide bonds. The van der Waals surface area contributed by atoms with E-state index in [-0.39, 0.29) is 17.9 Å². The van der Waals surface area contributed by atoms with E-state index in [9.17, 15) is 9.18 Å². The highest BCUT2D eigenvalue weighted by Gasteiger charge is 2.56. The van der Waals surface area contributed by atoms with Crippen LogP contribution in [0.2, 0.25) is 0 Å². The summed E-state index contributed by atoms with van der Waals surface area (Å²) in [5, 5.41) is 4.14. The van der Waals surface area contributed by atoms with Gasteiger partial charge in [0.1, 0.15) is 12.5 Å². The van der Waals surface area contributed by atoms with E-state index in [2.05, 4.69) is 37.7 Å². The van der Waals surface area contributed by atoms with E-state index in [1.165, 1.54) is 10.7 Å². The Morgan fingerprint density at radius 2 is 2.00 bits per heavy atom. The summed E-state index contributed by atoms with van der Waals surface area (Å²) in [6.45, 7) is -0.673. The molecular formula is C23H18F2IN5O. The van der Waals surface area contributed by atoms with Crippen LogP contribution in [0.5, 0.6) is 0 Å². The fraction of sp³-hybridized carbons (Fsp3) is 0.261. The zero-order chi connectivity index (χ0) is 22.0. The first kappa shape index (κ1) is 19.8. The fourth-order valence-electron chi connectivity index (χ4n) is 4.66. The molecule has 9 heteroatoms. The number of benzene rings is 2. The number of β-lactam (4-membered cyclic amide) rings is 1. The third-order valence-corrected chi connectivity index (χ3v) is 7.25. The average molecular weight is 545 g/mol. The van der Waals surface area contributed by atoms with Crippen molar-refractivity contribution in [2.75, 3.05) is 4.90 Å². The van der Waals surface area contributed by atoms with E-state index < -0.39 is 12.5 Å². The molecule has 32 heavy (non-hydrogen) atoms. The number of carbonyl (C=O) groups is 1. The molecule has 0 bridgehead atoms. The lowest BCUT2D eigenvalue weighted by atomic mass is 9.78. The molecule has 1 aliphatic heterocycles. The van der Waals surface area contributed by atoms with Gasteiger partial charge in [0.15, 0.2) is 0 Å². The number of anilines is 1. The van der Waals surface area contributed by atoms with Crippen LogP contribution >= 0.6 is 22.6 Å². The number of imidazole rings is 1. The zero-order valence-corrected chi connectivity index (χ0v) is 19.0. The summed E-state index contributed by atoms with van der Waals surface area (Å²) in [6.07, 6.45) is 5.22. The second-order valence-corrected chi connectivity index (χ2v) is 9.49. The summed E-state index contributed by atoms with van der Waals surface area (Å²) in [7, 11) is 0. The highest BCUT2D eigenvalue weighted by molar-refractivity contribution is 14.1. The van der Waals surface area contributed by atoms with Crippen molar-refractivity contribution in [2.45, 2.75) is 25.6 Å². The smallest absolute Gasteiger partial charge is 0.233 e. The minimum atomic E-state index is -0.673. The van der Waals surface area contributed by atoms with Gasteiger partial charge in [0, 0.05) is 21.0 Å². The highest BCUT2D eigenvalue weighted by atomic mass is 127. The first-order valence-electron chi connectivity index (χ1n) is 10.4. The first-order chi connectivity index (χ1) is 15.5. The number of hydrogen-bond acceptors (Lipinski definition) is 3. The van der Waals surface area contributed by atoms with Gasteiger partial charge < -0.3 is 9.88 Å². The van der Waals surface area contributed by atoms with Gasteiger partial charge in [-0.05, 0) is 77.7 Å². The van der Waals surface area contributed by atoms with Crippen molar-refractivity contribution in [1.29, 1.82) is 0 Å². The molecule has 1 aliphatic carbocycles. The van der Waals surface area contributed by atoms with Gasteiger partial charge in [-0.3, -0.25) is 4.79 Å². The second kappa shape index (κ2) is 7.36. The molecule has 2 aromatic carbocycles. The van der Waals surface area contributed by atoms with Crippen molar-refractivity contribution in [2.24, 2.45) is 11.8 Å². The predicted octanol–water partition coefficient (Wildman–Crippen LogP) is 5.08. The highest BCUT2D eigenvalue weighted by Crippen LogP contribution is 2.55. The maximum absolute atomic E-state index is 15.6. The molecule has 0 spiro atoms. The lowest BCUT2D eigenvalue weighted by molar-refractivity contribution is -0.131. The maximum Gasteiger partial charge on any atom is 0.233 e. The Kier molecular flexibility index (Phi) is 4.56. The Balaban J connectivity index is 1.43. The van der Waals surface area contributed by atoms with E-state index in [0.29, 0.717) is 26.4 Å². The number of hydrogen-bond donors (Lipinski definition) is 1. The van der Waals surface area contributed by atoms with E-state index in [4.69, 9.17) is 0 Å². The molecule has 2 aromatic heterocycles. The van der Waals surface area contributed by atoms with E-state index in [0.717, 1.165) is 29.6 Å². The third-order valence-electron chi connectivity index (χ3n) is 6.36. The molecule has 3 heterocycles. The predicted molar refractivity (Wildman–Crippen MR) is 124 cm³/mol. The van der Waals surface area contributed by atoms with Gasteiger partial charge in [-0.15, -0.1) is 0 Å². The molecule has 2 atom stereocenters. The third kappa shape index (κ3) is 3.05. The normalized spacial score (nSPS) is 20.7. The van der Waals surface area contributed by atoms with Gasteiger partial charge in [-0.1, -0.05) is 0 Å². The lowest BCUT2D eigenvalue weighted by Crippen LogP contribution is -2.56. The monoisotopic (exact) mass is 545 g/mol. The van der Waals surface area contributed by atoms with Crippen molar-refractivity contribution < 1.29 is 13.6 Å². The zero-order valence-electron chi connectivity index (χ0n) is 16.8.